The van der Waals surface area contributed by atoms with Gasteiger partial charge < -0.3 is 14.8 Å². The average molecular weight is 379 g/mol. The summed E-state index contributed by atoms with van der Waals surface area (Å²) in [6.07, 6.45) is 0.698. The molecule has 0 fully saturated rings. The maximum atomic E-state index is 12.1. The summed E-state index contributed by atoms with van der Waals surface area (Å²) >= 11 is 5.96. The van der Waals surface area contributed by atoms with Crippen LogP contribution >= 0.6 is 11.6 Å². The Hall–Kier alpha value is -2.80. The molecule has 0 spiro atoms. The fraction of sp³-hybridized carbons (Fsp3) is 0.278. The van der Waals surface area contributed by atoms with E-state index in [2.05, 4.69) is 5.32 Å². The van der Waals surface area contributed by atoms with Crippen molar-refractivity contribution >= 4 is 28.9 Å². The predicted octanol–water partition coefficient (Wildman–Crippen LogP) is 4.36. The lowest BCUT2D eigenvalue weighted by Crippen LogP contribution is -2.13. The first-order valence-electron chi connectivity index (χ1n) is 7.92. The standard InChI is InChI=1S/C18H19ClN2O5/c1-12-10-14(6-7-15(12)19)26-9-3-4-18(22)20-16-11-13(21(23)24)5-8-17(16)25-2/h5-8,10-11H,3-4,9H2,1-2H3,(H,20,22). The normalized spacial score (nSPS) is 10.3. The number of anilines is 1. The molecular weight excluding hydrogens is 360 g/mol. The molecule has 8 heteroatoms. The molecule has 1 N–H and O–H groups in total. The second-order valence-electron chi connectivity index (χ2n) is 5.55. The van der Waals surface area contributed by atoms with Gasteiger partial charge in [0.15, 0.2) is 0 Å². The monoisotopic (exact) mass is 378 g/mol. The Morgan fingerprint density at radius 3 is 2.69 bits per heavy atom. The van der Waals surface area contributed by atoms with Gasteiger partial charge in [-0.2, -0.15) is 0 Å². The molecule has 7 nitrogen and oxygen atoms in total. The molecule has 2 aromatic rings. The van der Waals surface area contributed by atoms with Crippen LogP contribution in [-0.4, -0.2) is 24.5 Å². The van der Waals surface area contributed by atoms with Crippen LogP contribution in [0.5, 0.6) is 11.5 Å². The molecule has 0 aliphatic heterocycles. The molecule has 0 saturated carbocycles. The van der Waals surface area contributed by atoms with Gasteiger partial charge in [-0.15, -0.1) is 0 Å². The predicted molar refractivity (Wildman–Crippen MR) is 99.2 cm³/mol. The second kappa shape index (κ2) is 9.05. The topological polar surface area (TPSA) is 90.7 Å². The van der Waals surface area contributed by atoms with Crippen molar-refractivity contribution in [3.8, 4) is 11.5 Å². The van der Waals surface area contributed by atoms with Gasteiger partial charge in [0.05, 0.1) is 24.3 Å². The van der Waals surface area contributed by atoms with Gasteiger partial charge >= 0.3 is 0 Å². The molecule has 1 amide bonds. The molecule has 2 aromatic carbocycles. The van der Waals surface area contributed by atoms with E-state index >= 15 is 0 Å². The van der Waals surface area contributed by atoms with Crippen molar-refractivity contribution in [2.24, 2.45) is 0 Å². The summed E-state index contributed by atoms with van der Waals surface area (Å²) in [7, 11) is 1.43. The number of aryl methyl sites for hydroxylation is 1. The highest BCUT2D eigenvalue weighted by Crippen LogP contribution is 2.29. The number of benzene rings is 2. The zero-order valence-electron chi connectivity index (χ0n) is 14.5. The van der Waals surface area contributed by atoms with E-state index in [1.807, 2.05) is 13.0 Å². The molecule has 0 bridgehead atoms. The van der Waals surface area contributed by atoms with Gasteiger partial charge in [0.2, 0.25) is 5.91 Å². The highest BCUT2D eigenvalue weighted by Gasteiger charge is 2.13. The summed E-state index contributed by atoms with van der Waals surface area (Å²) in [5, 5.41) is 14.2. The van der Waals surface area contributed by atoms with Crippen molar-refractivity contribution in [1.82, 2.24) is 0 Å². The Morgan fingerprint density at radius 2 is 2.04 bits per heavy atom. The fourth-order valence-electron chi connectivity index (χ4n) is 2.25. The molecule has 0 saturated heterocycles. The molecular formula is C18H19ClN2O5. The number of methoxy groups -OCH3 is 1. The van der Waals surface area contributed by atoms with Crippen LogP contribution in [0.2, 0.25) is 5.02 Å². The molecule has 0 unspecified atom stereocenters. The number of carbonyl (C=O) groups excluding carboxylic acids is 1. The largest absolute Gasteiger partial charge is 0.495 e. The number of non-ortho nitro benzene ring substituents is 1. The van der Waals surface area contributed by atoms with Gasteiger partial charge in [-0.3, -0.25) is 14.9 Å². The van der Waals surface area contributed by atoms with E-state index in [-0.39, 0.29) is 23.7 Å². The van der Waals surface area contributed by atoms with Crippen LogP contribution < -0.4 is 14.8 Å². The molecule has 0 aromatic heterocycles. The van der Waals surface area contributed by atoms with E-state index in [9.17, 15) is 14.9 Å². The van der Waals surface area contributed by atoms with E-state index in [4.69, 9.17) is 21.1 Å². The highest BCUT2D eigenvalue weighted by atomic mass is 35.5. The highest BCUT2D eigenvalue weighted by molar-refractivity contribution is 6.31. The Labute approximate surface area is 156 Å². The number of ether oxygens (including phenoxy) is 2. The maximum absolute atomic E-state index is 12.1. The lowest BCUT2D eigenvalue weighted by Gasteiger charge is -2.10. The summed E-state index contributed by atoms with van der Waals surface area (Å²) in [5.74, 6) is 0.768. The van der Waals surface area contributed by atoms with Crippen LogP contribution in [0, 0.1) is 17.0 Å². The first kappa shape index (κ1) is 19.5. The van der Waals surface area contributed by atoms with Gasteiger partial charge in [-0.05, 0) is 43.2 Å². The smallest absolute Gasteiger partial charge is 0.271 e. The first-order chi connectivity index (χ1) is 12.4. The van der Waals surface area contributed by atoms with Crippen LogP contribution in [0.25, 0.3) is 0 Å². The number of hydrogen-bond acceptors (Lipinski definition) is 5. The van der Waals surface area contributed by atoms with Gasteiger partial charge in [0.1, 0.15) is 11.5 Å². The Morgan fingerprint density at radius 1 is 1.27 bits per heavy atom. The third-order valence-corrected chi connectivity index (χ3v) is 4.04. The molecule has 0 radical (unpaired) electrons. The third kappa shape index (κ3) is 5.35. The van der Waals surface area contributed by atoms with E-state index in [1.165, 1.54) is 25.3 Å². The van der Waals surface area contributed by atoms with Crippen molar-refractivity contribution in [3.63, 3.8) is 0 Å². The minimum absolute atomic E-state index is 0.123. The van der Waals surface area contributed by atoms with Crippen LogP contribution in [0.3, 0.4) is 0 Å². The minimum atomic E-state index is -0.531. The third-order valence-electron chi connectivity index (χ3n) is 3.61. The number of nitro groups is 1. The van der Waals surface area contributed by atoms with Crippen LogP contribution in [-0.2, 0) is 4.79 Å². The van der Waals surface area contributed by atoms with Crippen LogP contribution in [0.4, 0.5) is 11.4 Å². The summed E-state index contributed by atoms with van der Waals surface area (Å²) in [6, 6.07) is 9.38. The van der Waals surface area contributed by atoms with Crippen molar-refractivity contribution in [3.05, 3.63) is 57.1 Å². The molecule has 26 heavy (non-hydrogen) atoms. The van der Waals surface area contributed by atoms with E-state index in [0.717, 1.165) is 5.56 Å². The Kier molecular flexibility index (Phi) is 6.80. The SMILES string of the molecule is COc1ccc([N+](=O)[O-])cc1NC(=O)CCCOc1ccc(Cl)c(C)c1. The molecule has 138 valence electrons. The van der Waals surface area contributed by atoms with Crippen molar-refractivity contribution < 1.29 is 19.2 Å². The lowest BCUT2D eigenvalue weighted by atomic mass is 10.2. The number of rotatable bonds is 8. The van der Waals surface area contributed by atoms with Gasteiger partial charge in [-0.1, -0.05) is 11.6 Å². The zero-order chi connectivity index (χ0) is 19.1. The van der Waals surface area contributed by atoms with E-state index in [1.54, 1.807) is 12.1 Å². The average Bonchev–Trinajstić information content (AvgIpc) is 2.61. The summed E-state index contributed by atoms with van der Waals surface area (Å²) in [4.78, 5) is 22.4. The van der Waals surface area contributed by atoms with Crippen molar-refractivity contribution in [2.75, 3.05) is 19.0 Å². The number of nitro benzene ring substituents is 1. The minimum Gasteiger partial charge on any atom is -0.495 e. The Balaban J connectivity index is 1.86. The molecule has 2 rings (SSSR count). The first-order valence-corrected chi connectivity index (χ1v) is 8.29. The van der Waals surface area contributed by atoms with Crippen molar-refractivity contribution in [1.29, 1.82) is 0 Å². The Bertz CT molecular complexity index is 810. The molecule has 0 aliphatic rings. The van der Waals surface area contributed by atoms with Gasteiger partial charge in [0, 0.05) is 23.6 Å². The van der Waals surface area contributed by atoms with Gasteiger partial charge in [-0.25, -0.2) is 0 Å². The van der Waals surface area contributed by atoms with Crippen LogP contribution in [0.1, 0.15) is 18.4 Å². The summed E-state index contributed by atoms with van der Waals surface area (Å²) in [6.45, 7) is 2.25. The summed E-state index contributed by atoms with van der Waals surface area (Å²) < 4.78 is 10.7. The molecule has 0 atom stereocenters. The number of amides is 1. The lowest BCUT2D eigenvalue weighted by molar-refractivity contribution is -0.384. The quantitative estimate of drug-likeness (QED) is 0.418. The van der Waals surface area contributed by atoms with E-state index < -0.39 is 4.92 Å². The van der Waals surface area contributed by atoms with Crippen molar-refractivity contribution in [2.45, 2.75) is 19.8 Å². The van der Waals surface area contributed by atoms with Crippen LogP contribution in [0.15, 0.2) is 36.4 Å². The van der Waals surface area contributed by atoms with Gasteiger partial charge in [0.25, 0.3) is 5.69 Å². The zero-order valence-corrected chi connectivity index (χ0v) is 15.2. The number of nitrogens with one attached hydrogen (secondary N) is 1. The molecule has 0 heterocycles. The van der Waals surface area contributed by atoms with E-state index in [0.29, 0.717) is 29.5 Å². The second-order valence-corrected chi connectivity index (χ2v) is 5.96. The number of nitrogens with zero attached hydrogens (tertiary/aromatic N) is 1. The number of carbonyl (C=O) groups is 1. The number of hydrogen-bond donors (Lipinski definition) is 1. The maximum Gasteiger partial charge on any atom is 0.271 e. The molecule has 0 aliphatic carbocycles. The fourth-order valence-corrected chi connectivity index (χ4v) is 2.37. The summed E-state index contributed by atoms with van der Waals surface area (Å²) in [5.41, 5.74) is 1.06. The number of halogens is 1.